The first-order chi connectivity index (χ1) is 14.5. The Morgan fingerprint density at radius 1 is 1.13 bits per heavy atom. The van der Waals surface area contributed by atoms with Crippen LogP contribution in [0, 0.1) is 6.92 Å². The van der Waals surface area contributed by atoms with Gasteiger partial charge in [-0.25, -0.2) is 4.98 Å². The summed E-state index contributed by atoms with van der Waals surface area (Å²) in [6, 6.07) is 5.87. The van der Waals surface area contributed by atoms with Crippen LogP contribution in [0.2, 0.25) is 5.02 Å². The van der Waals surface area contributed by atoms with E-state index in [1.54, 1.807) is 20.6 Å². The lowest BCUT2D eigenvalue weighted by Gasteiger charge is -2.36. The molecule has 1 saturated heterocycles. The van der Waals surface area contributed by atoms with Crippen LogP contribution in [0.15, 0.2) is 29.2 Å². The standard InChI is InChI=1S/C22H23ClN4O2S/c1-14-6-7-15(23)12-18(14)25-8-10-26(11-9-25)20(28)16-13-24-22-27(21(16)29)17-4-2-3-5-19(17)30-22/h6-7,12-13H,2-5,8-11H2,1H3. The summed E-state index contributed by atoms with van der Waals surface area (Å²) in [4.78, 5) is 36.7. The van der Waals surface area contributed by atoms with E-state index >= 15 is 0 Å². The van der Waals surface area contributed by atoms with E-state index in [9.17, 15) is 9.59 Å². The number of fused-ring (bicyclic) bond motifs is 3. The number of thiazole rings is 1. The van der Waals surface area contributed by atoms with Crippen molar-refractivity contribution in [3.05, 3.63) is 61.5 Å². The zero-order chi connectivity index (χ0) is 20.8. The van der Waals surface area contributed by atoms with Crippen molar-refractivity contribution in [3.63, 3.8) is 0 Å². The molecule has 0 N–H and O–H groups in total. The molecule has 3 aromatic rings. The highest BCUT2D eigenvalue weighted by Gasteiger charge is 2.27. The van der Waals surface area contributed by atoms with Gasteiger partial charge < -0.3 is 9.80 Å². The van der Waals surface area contributed by atoms with Gasteiger partial charge in [0.2, 0.25) is 0 Å². The Labute approximate surface area is 183 Å². The van der Waals surface area contributed by atoms with Gasteiger partial charge in [0.25, 0.3) is 11.5 Å². The number of hydrogen-bond acceptors (Lipinski definition) is 5. The van der Waals surface area contributed by atoms with E-state index < -0.39 is 0 Å². The molecular formula is C22H23ClN4O2S. The van der Waals surface area contributed by atoms with E-state index in [1.165, 1.54) is 11.1 Å². The summed E-state index contributed by atoms with van der Waals surface area (Å²) in [5, 5.41) is 0.709. The quantitative estimate of drug-likeness (QED) is 0.609. The Bertz CT molecular complexity index is 1190. The topological polar surface area (TPSA) is 57.9 Å². The minimum atomic E-state index is -0.225. The molecule has 1 aliphatic heterocycles. The molecule has 1 aliphatic carbocycles. The lowest BCUT2D eigenvalue weighted by Crippen LogP contribution is -2.50. The third-order valence-corrected chi connectivity index (χ3v) is 7.50. The summed E-state index contributed by atoms with van der Waals surface area (Å²) in [5.41, 5.74) is 3.26. The highest BCUT2D eigenvalue weighted by Crippen LogP contribution is 2.28. The first kappa shape index (κ1) is 19.6. The second kappa shape index (κ2) is 7.71. The number of aryl methyl sites for hydroxylation is 3. The van der Waals surface area contributed by atoms with Crippen LogP contribution >= 0.6 is 22.9 Å². The molecule has 0 atom stereocenters. The number of amides is 1. The minimum absolute atomic E-state index is 0.172. The molecule has 156 valence electrons. The van der Waals surface area contributed by atoms with Crippen molar-refractivity contribution < 1.29 is 4.79 Å². The fourth-order valence-corrected chi connectivity index (χ4v) is 5.79. The first-order valence-electron chi connectivity index (χ1n) is 10.4. The van der Waals surface area contributed by atoms with Crippen LogP contribution in [0.25, 0.3) is 4.96 Å². The predicted octanol–water partition coefficient (Wildman–Crippen LogP) is 3.56. The highest BCUT2D eigenvalue weighted by molar-refractivity contribution is 7.17. The smallest absolute Gasteiger partial charge is 0.271 e. The Kier molecular flexibility index (Phi) is 5.03. The van der Waals surface area contributed by atoms with E-state index in [2.05, 4.69) is 16.8 Å². The monoisotopic (exact) mass is 442 g/mol. The number of carbonyl (C=O) groups excluding carboxylic acids is 1. The third kappa shape index (κ3) is 3.30. The number of benzene rings is 1. The average Bonchev–Trinajstić information content (AvgIpc) is 3.15. The Morgan fingerprint density at radius 3 is 2.70 bits per heavy atom. The van der Waals surface area contributed by atoms with Crippen LogP contribution in [0.5, 0.6) is 0 Å². The summed E-state index contributed by atoms with van der Waals surface area (Å²) < 4.78 is 1.68. The molecule has 2 aromatic heterocycles. The molecule has 0 unspecified atom stereocenters. The summed E-state index contributed by atoms with van der Waals surface area (Å²) >= 11 is 7.75. The maximum absolute atomic E-state index is 13.2. The van der Waals surface area contributed by atoms with Gasteiger partial charge in [-0.15, -0.1) is 11.3 Å². The van der Waals surface area contributed by atoms with Crippen LogP contribution in [0.1, 0.15) is 39.3 Å². The van der Waals surface area contributed by atoms with E-state index in [0.29, 0.717) is 36.2 Å². The van der Waals surface area contributed by atoms with Gasteiger partial charge in [-0.1, -0.05) is 17.7 Å². The van der Waals surface area contributed by atoms with Crippen LogP contribution in [-0.2, 0) is 12.8 Å². The number of hydrogen-bond donors (Lipinski definition) is 0. The van der Waals surface area contributed by atoms with Crippen molar-refractivity contribution in [2.75, 3.05) is 31.1 Å². The first-order valence-corrected chi connectivity index (χ1v) is 11.5. The van der Waals surface area contributed by atoms with Gasteiger partial charge in [0, 0.05) is 53.7 Å². The van der Waals surface area contributed by atoms with Crippen molar-refractivity contribution in [2.45, 2.75) is 32.6 Å². The zero-order valence-corrected chi connectivity index (χ0v) is 18.4. The zero-order valence-electron chi connectivity index (χ0n) is 16.9. The number of aromatic nitrogens is 2. The molecule has 1 fully saturated rings. The van der Waals surface area contributed by atoms with Crippen LogP contribution in [-0.4, -0.2) is 46.4 Å². The van der Waals surface area contributed by atoms with E-state index in [4.69, 9.17) is 11.6 Å². The van der Waals surface area contributed by atoms with Crippen molar-refractivity contribution in [1.82, 2.24) is 14.3 Å². The maximum atomic E-state index is 13.2. The van der Waals surface area contributed by atoms with Gasteiger partial charge in [-0.2, -0.15) is 0 Å². The summed E-state index contributed by atoms with van der Waals surface area (Å²) in [6.07, 6.45) is 5.57. The largest absolute Gasteiger partial charge is 0.368 e. The third-order valence-electron chi connectivity index (χ3n) is 6.11. The average molecular weight is 443 g/mol. The second-order valence-electron chi connectivity index (χ2n) is 7.98. The number of halogens is 1. The number of nitrogens with zero attached hydrogens (tertiary/aromatic N) is 4. The number of piperazine rings is 1. The molecule has 0 radical (unpaired) electrons. The molecular weight excluding hydrogens is 420 g/mol. The van der Waals surface area contributed by atoms with Gasteiger partial charge >= 0.3 is 0 Å². The Balaban J connectivity index is 1.38. The molecule has 1 amide bonds. The van der Waals surface area contributed by atoms with Gasteiger partial charge in [-0.3, -0.25) is 14.0 Å². The maximum Gasteiger partial charge on any atom is 0.271 e. The van der Waals surface area contributed by atoms with Crippen LogP contribution < -0.4 is 10.5 Å². The molecule has 5 rings (SSSR count). The Hall–Kier alpha value is -2.38. The predicted molar refractivity (Wildman–Crippen MR) is 120 cm³/mol. The van der Waals surface area contributed by atoms with Crippen LogP contribution in [0.4, 0.5) is 5.69 Å². The summed E-state index contributed by atoms with van der Waals surface area (Å²) in [6.45, 7) is 4.60. The fraction of sp³-hybridized carbons (Fsp3) is 0.409. The van der Waals surface area contributed by atoms with Gasteiger partial charge in [0.05, 0.1) is 0 Å². The molecule has 2 aliphatic rings. The van der Waals surface area contributed by atoms with Gasteiger partial charge in [-0.05, 0) is 50.3 Å². The van der Waals surface area contributed by atoms with Crippen molar-refractivity contribution in [3.8, 4) is 0 Å². The van der Waals surface area contributed by atoms with Gasteiger partial charge in [0.15, 0.2) is 4.96 Å². The van der Waals surface area contributed by atoms with E-state index in [-0.39, 0.29) is 17.0 Å². The molecule has 0 saturated carbocycles. The molecule has 30 heavy (non-hydrogen) atoms. The second-order valence-corrected chi connectivity index (χ2v) is 9.48. The fourth-order valence-electron chi connectivity index (χ4n) is 4.46. The van der Waals surface area contributed by atoms with E-state index in [0.717, 1.165) is 42.6 Å². The normalized spacial score (nSPS) is 16.7. The van der Waals surface area contributed by atoms with Gasteiger partial charge in [0.1, 0.15) is 5.56 Å². The molecule has 0 bridgehead atoms. The number of carbonyl (C=O) groups is 1. The summed E-state index contributed by atoms with van der Waals surface area (Å²) in [5.74, 6) is -0.222. The number of rotatable bonds is 2. The van der Waals surface area contributed by atoms with Crippen LogP contribution in [0.3, 0.4) is 0 Å². The Morgan fingerprint density at radius 2 is 1.90 bits per heavy atom. The molecule has 6 nitrogen and oxygen atoms in total. The minimum Gasteiger partial charge on any atom is -0.368 e. The highest BCUT2D eigenvalue weighted by atomic mass is 35.5. The molecule has 1 aromatic carbocycles. The van der Waals surface area contributed by atoms with Crippen molar-refractivity contribution in [1.29, 1.82) is 0 Å². The van der Waals surface area contributed by atoms with E-state index in [1.807, 2.05) is 18.2 Å². The van der Waals surface area contributed by atoms with Crippen molar-refractivity contribution in [2.24, 2.45) is 0 Å². The molecule has 8 heteroatoms. The number of anilines is 1. The SMILES string of the molecule is Cc1ccc(Cl)cc1N1CCN(C(=O)c2cnc3sc4c(n3c2=O)CCCC4)CC1. The summed E-state index contributed by atoms with van der Waals surface area (Å²) in [7, 11) is 0. The lowest BCUT2D eigenvalue weighted by molar-refractivity contribution is 0.0744. The molecule has 0 spiro atoms. The molecule has 3 heterocycles. The lowest BCUT2D eigenvalue weighted by atomic mass is 10.0. The van der Waals surface area contributed by atoms with Crippen molar-refractivity contribution >= 4 is 39.5 Å².